The van der Waals surface area contributed by atoms with Crippen molar-refractivity contribution in [2.75, 3.05) is 18.5 Å². The zero-order chi connectivity index (χ0) is 16.1. The van der Waals surface area contributed by atoms with Gasteiger partial charge >= 0.3 is 0 Å². The number of benzene rings is 1. The molecule has 2 rings (SSSR count). The highest BCUT2D eigenvalue weighted by molar-refractivity contribution is 7.99. The number of hydrogen-bond donors (Lipinski definition) is 2. The maximum atomic E-state index is 12.4. The predicted molar refractivity (Wildman–Crippen MR) is 101 cm³/mol. The molecule has 0 aromatic heterocycles. The van der Waals surface area contributed by atoms with Gasteiger partial charge in [-0.25, -0.2) is 0 Å². The molecule has 1 aromatic carbocycles. The largest absolute Gasteiger partial charge is 0.375 e. The number of nitrogens with one attached hydrogen (secondary N) is 2. The first-order chi connectivity index (χ1) is 10.5. The van der Waals surface area contributed by atoms with Gasteiger partial charge in [-0.2, -0.15) is 11.8 Å². The fourth-order valence-electron chi connectivity index (χ4n) is 2.47. The Balaban J connectivity index is 0.00000264. The molecule has 130 valence electrons. The van der Waals surface area contributed by atoms with Crippen molar-refractivity contribution in [3.8, 4) is 0 Å². The summed E-state index contributed by atoms with van der Waals surface area (Å²) in [6.07, 6.45) is -0.103. The van der Waals surface area contributed by atoms with Gasteiger partial charge in [0.05, 0.1) is 12.7 Å². The number of rotatable bonds is 5. The SMILES string of the molecule is Cc1c(CSC(C)C)cccc1NC(=O)[C@H]1NCCO[C@@H]1C.Cl. The van der Waals surface area contributed by atoms with Crippen LogP contribution in [0.2, 0.25) is 0 Å². The zero-order valence-electron chi connectivity index (χ0n) is 14.2. The predicted octanol–water partition coefficient (Wildman–Crippen LogP) is 3.37. The van der Waals surface area contributed by atoms with Gasteiger partial charge in [0.25, 0.3) is 0 Å². The second-order valence-corrected chi connectivity index (χ2v) is 7.51. The van der Waals surface area contributed by atoms with Crippen molar-refractivity contribution < 1.29 is 9.53 Å². The summed E-state index contributed by atoms with van der Waals surface area (Å²) in [5.41, 5.74) is 3.32. The van der Waals surface area contributed by atoms with E-state index in [2.05, 4.69) is 37.5 Å². The molecule has 1 fully saturated rings. The third kappa shape index (κ3) is 5.68. The van der Waals surface area contributed by atoms with Gasteiger partial charge in [-0.1, -0.05) is 26.0 Å². The Morgan fingerprint density at radius 3 is 2.87 bits per heavy atom. The van der Waals surface area contributed by atoms with Crippen molar-refractivity contribution in [2.45, 2.75) is 50.8 Å². The van der Waals surface area contributed by atoms with Gasteiger partial charge in [0, 0.05) is 18.0 Å². The van der Waals surface area contributed by atoms with E-state index in [0.717, 1.165) is 17.0 Å². The third-order valence-corrected chi connectivity index (χ3v) is 5.02. The van der Waals surface area contributed by atoms with E-state index in [9.17, 15) is 4.79 Å². The fourth-order valence-corrected chi connectivity index (χ4v) is 3.30. The molecule has 0 spiro atoms. The molecule has 6 heteroatoms. The van der Waals surface area contributed by atoms with Crippen molar-refractivity contribution in [1.29, 1.82) is 0 Å². The van der Waals surface area contributed by atoms with Crippen LogP contribution in [0.15, 0.2) is 18.2 Å². The average molecular weight is 359 g/mol. The second-order valence-electron chi connectivity index (χ2n) is 5.95. The minimum Gasteiger partial charge on any atom is -0.375 e. The van der Waals surface area contributed by atoms with E-state index in [4.69, 9.17) is 4.74 Å². The molecule has 1 saturated heterocycles. The first-order valence-electron chi connectivity index (χ1n) is 7.85. The Labute approximate surface area is 149 Å². The van der Waals surface area contributed by atoms with E-state index in [0.29, 0.717) is 18.4 Å². The maximum Gasteiger partial charge on any atom is 0.244 e. The van der Waals surface area contributed by atoms with Crippen LogP contribution in [0, 0.1) is 6.92 Å². The number of hydrogen-bond acceptors (Lipinski definition) is 4. The summed E-state index contributed by atoms with van der Waals surface area (Å²) in [4.78, 5) is 12.4. The van der Waals surface area contributed by atoms with Crippen LogP contribution in [0.5, 0.6) is 0 Å². The highest BCUT2D eigenvalue weighted by atomic mass is 35.5. The van der Waals surface area contributed by atoms with Crippen LogP contribution in [-0.2, 0) is 15.3 Å². The molecule has 0 radical (unpaired) electrons. The summed E-state index contributed by atoms with van der Waals surface area (Å²) < 4.78 is 5.54. The van der Waals surface area contributed by atoms with E-state index in [-0.39, 0.29) is 30.5 Å². The first kappa shape index (κ1) is 20.3. The fraction of sp³-hybridized carbons (Fsp3) is 0.588. The normalized spacial score (nSPS) is 20.9. The monoisotopic (exact) mass is 358 g/mol. The number of ether oxygens (including phenoxy) is 1. The molecule has 0 bridgehead atoms. The number of thioether (sulfide) groups is 1. The Bertz CT molecular complexity index is 525. The Morgan fingerprint density at radius 2 is 2.22 bits per heavy atom. The van der Waals surface area contributed by atoms with Crippen LogP contribution >= 0.6 is 24.2 Å². The molecule has 1 amide bonds. The molecule has 1 aliphatic rings. The molecular formula is C17H27ClN2O2S. The lowest BCUT2D eigenvalue weighted by molar-refractivity contribution is -0.123. The number of halogens is 1. The van der Waals surface area contributed by atoms with Crippen molar-refractivity contribution in [3.05, 3.63) is 29.3 Å². The quantitative estimate of drug-likeness (QED) is 0.847. The average Bonchev–Trinajstić information content (AvgIpc) is 2.48. The summed E-state index contributed by atoms with van der Waals surface area (Å²) in [6, 6.07) is 5.81. The molecule has 1 heterocycles. The molecule has 4 nitrogen and oxygen atoms in total. The summed E-state index contributed by atoms with van der Waals surface area (Å²) in [5.74, 6) is 0.943. The Kier molecular flexibility index (Phi) is 8.40. The summed E-state index contributed by atoms with van der Waals surface area (Å²) in [7, 11) is 0. The van der Waals surface area contributed by atoms with Crippen molar-refractivity contribution >= 4 is 35.8 Å². The van der Waals surface area contributed by atoms with Crippen LogP contribution in [0.1, 0.15) is 31.9 Å². The van der Waals surface area contributed by atoms with E-state index < -0.39 is 0 Å². The molecule has 1 aromatic rings. The highest BCUT2D eigenvalue weighted by Crippen LogP contribution is 2.25. The van der Waals surface area contributed by atoms with Crippen molar-refractivity contribution in [3.63, 3.8) is 0 Å². The van der Waals surface area contributed by atoms with E-state index >= 15 is 0 Å². The van der Waals surface area contributed by atoms with Gasteiger partial charge < -0.3 is 15.4 Å². The molecular weight excluding hydrogens is 332 g/mol. The van der Waals surface area contributed by atoms with Crippen LogP contribution < -0.4 is 10.6 Å². The van der Waals surface area contributed by atoms with E-state index in [1.165, 1.54) is 5.56 Å². The number of anilines is 1. The standard InChI is InChI=1S/C17H26N2O2S.ClH/c1-11(2)22-10-14-6-5-7-15(12(14)3)19-17(20)16-13(4)21-9-8-18-16;/h5-7,11,13,16,18H,8-10H2,1-4H3,(H,19,20);1H/t13-,16+;/m1./s1. The van der Waals surface area contributed by atoms with Crippen molar-refractivity contribution in [2.24, 2.45) is 0 Å². The summed E-state index contributed by atoms with van der Waals surface area (Å²) in [5, 5.41) is 6.87. The summed E-state index contributed by atoms with van der Waals surface area (Å²) in [6.45, 7) is 9.76. The Hall–Kier alpha value is -0.750. The molecule has 2 atom stereocenters. The number of carbonyl (C=O) groups excluding carboxylic acids is 1. The lowest BCUT2D eigenvalue weighted by Gasteiger charge is -2.29. The van der Waals surface area contributed by atoms with E-state index in [1.807, 2.05) is 30.8 Å². The third-order valence-electron chi connectivity index (χ3n) is 3.87. The summed E-state index contributed by atoms with van der Waals surface area (Å²) >= 11 is 1.91. The van der Waals surface area contributed by atoms with E-state index in [1.54, 1.807) is 0 Å². The molecule has 0 unspecified atom stereocenters. The molecule has 1 aliphatic heterocycles. The van der Waals surface area contributed by atoms with Gasteiger partial charge in [-0.15, -0.1) is 12.4 Å². The number of morpholine rings is 1. The molecule has 2 N–H and O–H groups in total. The first-order valence-corrected chi connectivity index (χ1v) is 8.90. The van der Waals surface area contributed by atoms with Gasteiger partial charge in [0.15, 0.2) is 0 Å². The highest BCUT2D eigenvalue weighted by Gasteiger charge is 2.28. The molecule has 0 aliphatic carbocycles. The van der Waals surface area contributed by atoms with Crippen LogP contribution in [0.4, 0.5) is 5.69 Å². The minimum atomic E-state index is -0.290. The molecule has 23 heavy (non-hydrogen) atoms. The van der Waals surface area contributed by atoms with Gasteiger partial charge in [-0.05, 0) is 36.3 Å². The topological polar surface area (TPSA) is 50.4 Å². The second kappa shape index (κ2) is 9.52. The van der Waals surface area contributed by atoms with Crippen LogP contribution in [-0.4, -0.2) is 36.5 Å². The lowest BCUT2D eigenvalue weighted by atomic mass is 10.1. The molecule has 0 saturated carbocycles. The number of amides is 1. The lowest BCUT2D eigenvalue weighted by Crippen LogP contribution is -2.53. The van der Waals surface area contributed by atoms with Gasteiger partial charge in [0.2, 0.25) is 5.91 Å². The smallest absolute Gasteiger partial charge is 0.244 e. The van der Waals surface area contributed by atoms with Gasteiger partial charge in [-0.3, -0.25) is 4.79 Å². The number of carbonyl (C=O) groups is 1. The minimum absolute atomic E-state index is 0. The maximum absolute atomic E-state index is 12.4. The van der Waals surface area contributed by atoms with Gasteiger partial charge in [0.1, 0.15) is 6.04 Å². The van der Waals surface area contributed by atoms with Crippen molar-refractivity contribution in [1.82, 2.24) is 5.32 Å². The van der Waals surface area contributed by atoms with Crippen LogP contribution in [0.3, 0.4) is 0 Å². The van der Waals surface area contributed by atoms with Crippen LogP contribution in [0.25, 0.3) is 0 Å². The Morgan fingerprint density at radius 1 is 1.48 bits per heavy atom. The zero-order valence-corrected chi connectivity index (χ0v) is 15.9.